The lowest BCUT2D eigenvalue weighted by molar-refractivity contribution is 0.241. The third kappa shape index (κ3) is 1.93. The largest absolute Gasteiger partial charge is 0.276 e. The number of nitrogens with zero attached hydrogens (tertiary/aromatic N) is 4. The van der Waals surface area contributed by atoms with E-state index in [9.17, 15) is 8.78 Å². The molecule has 3 aromatic rings. The molecular weight excluding hydrogens is 346 g/mol. The average molecular weight is 366 g/mol. The van der Waals surface area contributed by atoms with Gasteiger partial charge in [0.05, 0.1) is 28.1 Å². The Kier molecular flexibility index (Phi) is 3.19. The number of hydrogen-bond acceptors (Lipinski definition) is 3. The number of aromatic nitrogens is 4. The van der Waals surface area contributed by atoms with Crippen molar-refractivity contribution in [1.82, 2.24) is 20.0 Å². The third-order valence-electron chi connectivity index (χ3n) is 6.75. The van der Waals surface area contributed by atoms with Crippen LogP contribution in [-0.2, 0) is 12.5 Å². The van der Waals surface area contributed by atoms with E-state index in [-0.39, 0.29) is 28.0 Å². The maximum atomic E-state index is 14.3. The Morgan fingerprint density at radius 3 is 2.52 bits per heavy atom. The molecule has 138 valence electrons. The number of benzene rings is 1. The Morgan fingerprint density at radius 2 is 1.85 bits per heavy atom. The predicted octanol–water partition coefficient (Wildman–Crippen LogP) is 4.36. The molecule has 0 saturated heterocycles. The van der Waals surface area contributed by atoms with Crippen molar-refractivity contribution < 1.29 is 8.78 Å². The number of aryl methyl sites for hydroxylation is 1. The molecule has 2 aromatic heterocycles. The minimum absolute atomic E-state index is 0.0925. The van der Waals surface area contributed by atoms with Gasteiger partial charge in [0.15, 0.2) is 0 Å². The standard InChI is InChI=1S/C21H20F2N4/c1-20(2)13-7-9-21(20,17-8-10-27(3)26-17)19-12(13)11-16(24-25-19)18-14(22)5-4-6-15(18)23/h4-6,8,10-11,13H,7,9H2,1-3H3/t13-,21+/m0/s1. The van der Waals surface area contributed by atoms with Gasteiger partial charge >= 0.3 is 0 Å². The van der Waals surface area contributed by atoms with E-state index in [2.05, 4.69) is 24.0 Å². The van der Waals surface area contributed by atoms with Gasteiger partial charge in [0.1, 0.15) is 11.6 Å². The van der Waals surface area contributed by atoms with Gasteiger partial charge < -0.3 is 0 Å². The summed E-state index contributed by atoms with van der Waals surface area (Å²) >= 11 is 0. The van der Waals surface area contributed by atoms with Gasteiger partial charge in [-0.3, -0.25) is 4.68 Å². The van der Waals surface area contributed by atoms with Crippen LogP contribution in [0.3, 0.4) is 0 Å². The molecule has 2 atom stereocenters. The second-order valence-electron chi connectivity index (χ2n) is 8.22. The van der Waals surface area contributed by atoms with Crippen molar-refractivity contribution in [3.63, 3.8) is 0 Å². The van der Waals surface area contributed by atoms with E-state index >= 15 is 0 Å². The van der Waals surface area contributed by atoms with Crippen LogP contribution in [0.4, 0.5) is 8.78 Å². The zero-order valence-electron chi connectivity index (χ0n) is 15.5. The lowest BCUT2D eigenvalue weighted by atomic mass is 9.66. The lowest BCUT2D eigenvalue weighted by Gasteiger charge is -2.36. The van der Waals surface area contributed by atoms with Crippen LogP contribution in [0.5, 0.6) is 0 Å². The minimum atomic E-state index is -0.619. The van der Waals surface area contributed by atoms with Gasteiger partial charge in [0.25, 0.3) is 0 Å². The molecule has 2 aliphatic carbocycles. The molecule has 0 spiro atoms. The molecule has 6 heteroatoms. The third-order valence-corrected chi connectivity index (χ3v) is 6.75. The Bertz CT molecular complexity index is 1050. The van der Waals surface area contributed by atoms with Crippen LogP contribution < -0.4 is 0 Å². The summed E-state index contributed by atoms with van der Waals surface area (Å²) in [5.74, 6) is -0.976. The first-order valence-corrected chi connectivity index (χ1v) is 9.19. The van der Waals surface area contributed by atoms with E-state index in [1.54, 1.807) is 0 Å². The number of fused-ring (bicyclic) bond motifs is 5. The highest BCUT2D eigenvalue weighted by atomic mass is 19.1. The van der Waals surface area contributed by atoms with Crippen LogP contribution >= 0.6 is 0 Å². The molecule has 2 heterocycles. The van der Waals surface area contributed by atoms with E-state index in [0.29, 0.717) is 0 Å². The van der Waals surface area contributed by atoms with Gasteiger partial charge in [-0.05, 0) is 54.0 Å². The number of halogens is 2. The smallest absolute Gasteiger partial charge is 0.135 e. The molecule has 0 aliphatic heterocycles. The van der Waals surface area contributed by atoms with Crippen molar-refractivity contribution in [2.24, 2.45) is 12.5 Å². The summed E-state index contributed by atoms with van der Waals surface area (Å²) in [6, 6.07) is 7.74. The molecule has 1 aromatic carbocycles. The highest BCUT2D eigenvalue weighted by Gasteiger charge is 2.65. The van der Waals surface area contributed by atoms with Crippen molar-refractivity contribution in [3.05, 3.63) is 65.1 Å². The van der Waals surface area contributed by atoms with Gasteiger partial charge in [-0.15, -0.1) is 5.10 Å². The van der Waals surface area contributed by atoms with Gasteiger partial charge in [-0.25, -0.2) is 8.78 Å². The Labute approximate surface area is 156 Å². The van der Waals surface area contributed by atoms with Crippen molar-refractivity contribution in [2.75, 3.05) is 0 Å². The van der Waals surface area contributed by atoms with E-state index < -0.39 is 11.6 Å². The molecule has 0 amide bonds. The zero-order chi connectivity index (χ0) is 19.0. The van der Waals surface area contributed by atoms with Crippen molar-refractivity contribution in [3.8, 4) is 11.3 Å². The first-order valence-electron chi connectivity index (χ1n) is 9.19. The fraction of sp³-hybridized carbons (Fsp3) is 0.381. The Balaban J connectivity index is 1.73. The molecule has 2 bridgehead atoms. The van der Waals surface area contributed by atoms with Crippen LogP contribution in [0.25, 0.3) is 11.3 Å². The van der Waals surface area contributed by atoms with Crippen LogP contribution in [0.1, 0.15) is 49.6 Å². The zero-order valence-corrected chi connectivity index (χ0v) is 15.5. The van der Waals surface area contributed by atoms with Crippen LogP contribution in [-0.4, -0.2) is 20.0 Å². The van der Waals surface area contributed by atoms with Crippen LogP contribution in [0, 0.1) is 17.0 Å². The topological polar surface area (TPSA) is 43.6 Å². The molecule has 0 N–H and O–H groups in total. The first-order chi connectivity index (χ1) is 12.9. The predicted molar refractivity (Wildman–Crippen MR) is 97.1 cm³/mol. The second-order valence-corrected chi connectivity index (χ2v) is 8.22. The van der Waals surface area contributed by atoms with Gasteiger partial charge in [-0.2, -0.15) is 10.2 Å². The average Bonchev–Trinajstić information content (AvgIpc) is 3.22. The summed E-state index contributed by atoms with van der Waals surface area (Å²) in [6.07, 6.45) is 3.90. The highest BCUT2D eigenvalue weighted by Crippen LogP contribution is 2.69. The fourth-order valence-corrected chi connectivity index (χ4v) is 5.40. The summed E-state index contributed by atoms with van der Waals surface area (Å²) in [4.78, 5) is 0. The lowest BCUT2D eigenvalue weighted by Crippen LogP contribution is -2.37. The Hall–Kier alpha value is -2.63. The molecule has 2 aliphatic rings. The van der Waals surface area contributed by atoms with Crippen molar-refractivity contribution in [1.29, 1.82) is 0 Å². The van der Waals surface area contributed by atoms with E-state index in [0.717, 1.165) is 29.8 Å². The van der Waals surface area contributed by atoms with E-state index in [4.69, 9.17) is 5.10 Å². The molecular formula is C21H20F2N4. The Morgan fingerprint density at radius 1 is 1.11 bits per heavy atom. The monoisotopic (exact) mass is 366 g/mol. The molecule has 1 saturated carbocycles. The quantitative estimate of drug-likeness (QED) is 0.677. The summed E-state index contributed by atoms with van der Waals surface area (Å²) in [6.45, 7) is 4.48. The molecule has 4 nitrogen and oxygen atoms in total. The summed E-state index contributed by atoms with van der Waals surface area (Å²) in [7, 11) is 1.91. The molecule has 0 unspecified atom stereocenters. The van der Waals surface area contributed by atoms with Crippen molar-refractivity contribution >= 4 is 0 Å². The fourth-order valence-electron chi connectivity index (χ4n) is 5.40. The maximum absolute atomic E-state index is 14.3. The van der Waals surface area contributed by atoms with Gasteiger partial charge in [0, 0.05) is 13.2 Å². The van der Waals surface area contributed by atoms with Crippen LogP contribution in [0.15, 0.2) is 36.5 Å². The van der Waals surface area contributed by atoms with Crippen molar-refractivity contribution in [2.45, 2.75) is 38.0 Å². The second kappa shape index (κ2) is 5.21. The summed E-state index contributed by atoms with van der Waals surface area (Å²) < 4.78 is 30.3. The molecule has 27 heavy (non-hydrogen) atoms. The highest BCUT2D eigenvalue weighted by molar-refractivity contribution is 5.64. The number of hydrogen-bond donors (Lipinski definition) is 0. The van der Waals surface area contributed by atoms with Gasteiger partial charge in [-0.1, -0.05) is 19.9 Å². The van der Waals surface area contributed by atoms with Gasteiger partial charge in [0.2, 0.25) is 0 Å². The molecule has 0 radical (unpaired) electrons. The van der Waals surface area contributed by atoms with E-state index in [1.807, 2.05) is 30.1 Å². The SMILES string of the molecule is Cn1ccc([C@]23CC[C@@H](c4cc(-c5c(F)cccc5F)nnc42)C3(C)C)n1. The normalized spacial score (nSPS) is 25.0. The number of rotatable bonds is 2. The minimum Gasteiger partial charge on any atom is -0.276 e. The molecule has 1 fully saturated rings. The molecule has 5 rings (SSSR count). The maximum Gasteiger partial charge on any atom is 0.135 e. The van der Waals surface area contributed by atoms with E-state index in [1.165, 1.54) is 18.2 Å². The summed E-state index contributed by atoms with van der Waals surface area (Å²) in [5, 5.41) is 13.5. The summed E-state index contributed by atoms with van der Waals surface area (Å²) in [5.41, 5.74) is 2.69. The van der Waals surface area contributed by atoms with Crippen LogP contribution in [0.2, 0.25) is 0 Å². The first kappa shape index (κ1) is 16.5.